The maximum atomic E-state index is 12.6. The van der Waals surface area contributed by atoms with Gasteiger partial charge in [0.05, 0.1) is 15.8 Å². The zero-order chi connectivity index (χ0) is 19.8. The van der Waals surface area contributed by atoms with E-state index in [0.717, 1.165) is 15.2 Å². The third-order valence-corrected chi connectivity index (χ3v) is 5.66. The van der Waals surface area contributed by atoms with E-state index in [2.05, 4.69) is 10.3 Å². The number of anilines is 1. The van der Waals surface area contributed by atoms with E-state index in [1.165, 1.54) is 17.4 Å². The summed E-state index contributed by atoms with van der Waals surface area (Å²) in [6.07, 6.45) is -0.768. The van der Waals surface area contributed by atoms with Crippen LogP contribution in [-0.2, 0) is 4.79 Å². The molecule has 2 heterocycles. The molecule has 1 atom stereocenters. The predicted octanol–water partition coefficient (Wildman–Crippen LogP) is 4.45. The van der Waals surface area contributed by atoms with Crippen LogP contribution in [0.2, 0.25) is 0 Å². The highest BCUT2D eigenvalue weighted by Crippen LogP contribution is 2.37. The summed E-state index contributed by atoms with van der Waals surface area (Å²) >= 11 is 1.51. The Kier molecular flexibility index (Phi) is 4.29. The molecule has 0 aliphatic carbocycles. The van der Waals surface area contributed by atoms with Crippen LogP contribution in [0.15, 0.2) is 66.7 Å². The minimum absolute atomic E-state index is 0.0491. The van der Waals surface area contributed by atoms with Gasteiger partial charge in [-0.1, -0.05) is 24.3 Å². The second kappa shape index (κ2) is 7.10. The van der Waals surface area contributed by atoms with Gasteiger partial charge in [0.15, 0.2) is 11.5 Å². The fourth-order valence-corrected chi connectivity index (χ4v) is 4.15. The van der Waals surface area contributed by atoms with Gasteiger partial charge in [-0.3, -0.25) is 4.79 Å². The number of hydrogen-bond acceptors (Lipinski definition) is 6. The summed E-state index contributed by atoms with van der Waals surface area (Å²) in [6, 6.07) is 20.0. The molecular weight excluding hydrogens is 388 g/mol. The number of amides is 1. The number of carbonyl (C=O) groups excluding carboxylic acids is 1. The van der Waals surface area contributed by atoms with Crippen molar-refractivity contribution in [3.63, 3.8) is 0 Å². The van der Waals surface area contributed by atoms with Crippen LogP contribution in [-0.4, -0.2) is 28.7 Å². The molecule has 29 heavy (non-hydrogen) atoms. The van der Waals surface area contributed by atoms with Crippen LogP contribution in [0.1, 0.15) is 0 Å². The van der Waals surface area contributed by atoms with Gasteiger partial charge in [-0.25, -0.2) is 4.98 Å². The van der Waals surface area contributed by atoms with Gasteiger partial charge >= 0.3 is 0 Å². The molecule has 144 valence electrons. The zero-order valence-electron chi connectivity index (χ0n) is 15.2. The monoisotopic (exact) mass is 404 g/mol. The Morgan fingerprint density at radius 2 is 1.86 bits per heavy atom. The topological polar surface area (TPSA) is 80.7 Å². The van der Waals surface area contributed by atoms with E-state index >= 15 is 0 Å². The molecule has 1 aromatic heterocycles. The van der Waals surface area contributed by atoms with Crippen molar-refractivity contribution >= 4 is 33.1 Å². The Morgan fingerprint density at radius 3 is 2.69 bits per heavy atom. The number of phenolic OH excluding ortho intramolecular Hbond substituents is 1. The highest BCUT2D eigenvalue weighted by molar-refractivity contribution is 7.21. The van der Waals surface area contributed by atoms with Crippen molar-refractivity contribution in [3.05, 3.63) is 66.7 Å². The number of para-hydroxylation sites is 3. The van der Waals surface area contributed by atoms with Crippen molar-refractivity contribution in [3.8, 4) is 27.8 Å². The standard InChI is InChI=1S/C22H16N2O4S/c25-16-11-13(9-10-14(16)22-24-15-5-1-4-8-20(15)29-22)23-21(26)19-12-27-17-6-2-3-7-18(17)28-19/h1-11,19,25H,12H2,(H,23,26)/t19-/m1/s1. The number of nitrogens with zero attached hydrogens (tertiary/aromatic N) is 1. The lowest BCUT2D eigenvalue weighted by molar-refractivity contribution is -0.125. The molecule has 2 N–H and O–H groups in total. The Hall–Kier alpha value is -3.58. The lowest BCUT2D eigenvalue weighted by atomic mass is 10.2. The number of hydrogen-bond donors (Lipinski definition) is 2. The quantitative estimate of drug-likeness (QED) is 0.527. The molecule has 0 radical (unpaired) electrons. The van der Waals surface area contributed by atoms with Gasteiger partial charge in [-0.15, -0.1) is 11.3 Å². The van der Waals surface area contributed by atoms with E-state index in [4.69, 9.17) is 9.47 Å². The maximum absolute atomic E-state index is 12.6. The summed E-state index contributed by atoms with van der Waals surface area (Å²) in [7, 11) is 0. The van der Waals surface area contributed by atoms with Gasteiger partial charge in [-0.2, -0.15) is 0 Å². The first-order valence-corrected chi connectivity index (χ1v) is 9.87. The Labute approximate surface area is 170 Å². The van der Waals surface area contributed by atoms with Gasteiger partial charge in [-0.05, 0) is 36.4 Å². The van der Waals surface area contributed by atoms with Crippen LogP contribution >= 0.6 is 11.3 Å². The van der Waals surface area contributed by atoms with Crippen LogP contribution < -0.4 is 14.8 Å². The molecular formula is C22H16N2O4S. The molecule has 0 saturated heterocycles. The normalized spacial score (nSPS) is 15.2. The fourth-order valence-electron chi connectivity index (χ4n) is 3.15. The zero-order valence-corrected chi connectivity index (χ0v) is 16.0. The smallest absolute Gasteiger partial charge is 0.269 e. The predicted molar refractivity (Wildman–Crippen MR) is 112 cm³/mol. The first-order valence-electron chi connectivity index (χ1n) is 9.06. The number of ether oxygens (including phenoxy) is 2. The summed E-state index contributed by atoms with van der Waals surface area (Å²) in [6.45, 7) is 0.124. The van der Waals surface area contributed by atoms with E-state index < -0.39 is 6.10 Å². The van der Waals surface area contributed by atoms with Crippen LogP contribution in [0.3, 0.4) is 0 Å². The Bertz CT molecular complexity index is 1190. The third-order valence-electron chi connectivity index (χ3n) is 4.59. The minimum Gasteiger partial charge on any atom is -0.507 e. The highest BCUT2D eigenvalue weighted by Gasteiger charge is 2.27. The first kappa shape index (κ1) is 17.5. The van der Waals surface area contributed by atoms with E-state index in [1.54, 1.807) is 24.3 Å². The lowest BCUT2D eigenvalue weighted by Crippen LogP contribution is -2.40. The molecule has 1 aliphatic rings. The SMILES string of the molecule is O=C(Nc1ccc(-c2nc3ccccc3s2)c(O)c1)[C@H]1COc2ccccc2O1. The average Bonchev–Trinajstić information content (AvgIpc) is 3.17. The first-order chi connectivity index (χ1) is 14.2. The molecule has 3 aromatic carbocycles. The summed E-state index contributed by atoms with van der Waals surface area (Å²) in [5.41, 5.74) is 1.98. The van der Waals surface area contributed by atoms with Crippen molar-refractivity contribution in [2.45, 2.75) is 6.10 Å². The van der Waals surface area contributed by atoms with Gasteiger partial charge in [0.2, 0.25) is 6.10 Å². The van der Waals surface area contributed by atoms with E-state index in [-0.39, 0.29) is 18.3 Å². The summed E-state index contributed by atoms with van der Waals surface area (Å²) in [5, 5.41) is 14.0. The summed E-state index contributed by atoms with van der Waals surface area (Å²) in [5.74, 6) is 0.863. The minimum atomic E-state index is -0.768. The lowest BCUT2D eigenvalue weighted by Gasteiger charge is -2.25. The molecule has 0 bridgehead atoms. The molecule has 6 nitrogen and oxygen atoms in total. The largest absolute Gasteiger partial charge is 0.507 e. The molecule has 5 rings (SSSR count). The molecule has 7 heteroatoms. The van der Waals surface area contributed by atoms with Crippen LogP contribution in [0, 0.1) is 0 Å². The Balaban J connectivity index is 1.33. The summed E-state index contributed by atoms with van der Waals surface area (Å²) in [4.78, 5) is 17.1. The van der Waals surface area contributed by atoms with Crippen LogP contribution in [0.25, 0.3) is 20.8 Å². The van der Waals surface area contributed by atoms with Gasteiger partial charge < -0.3 is 19.9 Å². The van der Waals surface area contributed by atoms with Gasteiger partial charge in [0.25, 0.3) is 5.91 Å². The molecule has 0 fully saturated rings. The van der Waals surface area contributed by atoms with Crippen molar-refractivity contribution in [2.75, 3.05) is 11.9 Å². The van der Waals surface area contributed by atoms with Crippen LogP contribution in [0.4, 0.5) is 5.69 Å². The van der Waals surface area contributed by atoms with E-state index in [1.807, 2.05) is 36.4 Å². The molecule has 0 saturated carbocycles. The number of fused-ring (bicyclic) bond motifs is 2. The number of aromatic hydroxyl groups is 1. The van der Waals surface area contributed by atoms with E-state index in [0.29, 0.717) is 22.7 Å². The second-order valence-corrected chi connectivity index (χ2v) is 7.60. The fraction of sp³-hybridized carbons (Fsp3) is 0.0909. The summed E-state index contributed by atoms with van der Waals surface area (Å²) < 4.78 is 12.3. The van der Waals surface area contributed by atoms with Gasteiger partial charge in [0.1, 0.15) is 17.4 Å². The number of benzene rings is 3. The third kappa shape index (κ3) is 3.36. The van der Waals surface area contributed by atoms with Crippen molar-refractivity contribution < 1.29 is 19.4 Å². The molecule has 1 amide bonds. The van der Waals surface area contributed by atoms with E-state index in [9.17, 15) is 9.90 Å². The number of phenols is 1. The van der Waals surface area contributed by atoms with Crippen molar-refractivity contribution in [1.82, 2.24) is 4.98 Å². The number of nitrogens with one attached hydrogen (secondary N) is 1. The number of rotatable bonds is 3. The Morgan fingerprint density at radius 1 is 1.07 bits per heavy atom. The number of thiazole rings is 1. The number of aromatic nitrogens is 1. The number of carbonyl (C=O) groups is 1. The second-order valence-electron chi connectivity index (χ2n) is 6.57. The van der Waals surface area contributed by atoms with Crippen molar-refractivity contribution in [2.24, 2.45) is 0 Å². The maximum Gasteiger partial charge on any atom is 0.269 e. The molecule has 1 aliphatic heterocycles. The average molecular weight is 404 g/mol. The van der Waals surface area contributed by atoms with Crippen molar-refractivity contribution in [1.29, 1.82) is 0 Å². The molecule has 0 spiro atoms. The molecule has 0 unspecified atom stereocenters. The van der Waals surface area contributed by atoms with Crippen LogP contribution in [0.5, 0.6) is 17.2 Å². The highest BCUT2D eigenvalue weighted by atomic mass is 32.1. The van der Waals surface area contributed by atoms with Gasteiger partial charge in [0, 0.05) is 11.8 Å². The molecule has 4 aromatic rings.